The quantitative estimate of drug-likeness (QED) is 0.919. The SMILES string of the molecule is CCC(N)C(c1ccc(C)cc1)N1CC(C)OC(C)C1. The van der Waals surface area contributed by atoms with E-state index in [2.05, 4.69) is 56.9 Å². The van der Waals surface area contributed by atoms with Gasteiger partial charge in [0, 0.05) is 19.1 Å². The zero-order chi connectivity index (χ0) is 14.7. The van der Waals surface area contributed by atoms with Crippen LogP contribution in [0.3, 0.4) is 0 Å². The lowest BCUT2D eigenvalue weighted by molar-refractivity contribution is -0.0838. The molecule has 4 unspecified atom stereocenters. The number of morpholine rings is 1. The Morgan fingerprint density at radius 2 is 1.75 bits per heavy atom. The van der Waals surface area contributed by atoms with E-state index in [4.69, 9.17) is 10.5 Å². The van der Waals surface area contributed by atoms with Crippen molar-refractivity contribution in [3.63, 3.8) is 0 Å². The van der Waals surface area contributed by atoms with Crippen molar-refractivity contribution in [1.82, 2.24) is 4.90 Å². The summed E-state index contributed by atoms with van der Waals surface area (Å²) < 4.78 is 5.85. The minimum Gasteiger partial charge on any atom is -0.373 e. The van der Waals surface area contributed by atoms with Crippen LogP contribution in [0.25, 0.3) is 0 Å². The first kappa shape index (κ1) is 15.5. The van der Waals surface area contributed by atoms with Gasteiger partial charge in [-0.3, -0.25) is 4.90 Å². The Kier molecular flexibility index (Phi) is 5.19. The van der Waals surface area contributed by atoms with E-state index in [0.29, 0.717) is 0 Å². The van der Waals surface area contributed by atoms with E-state index >= 15 is 0 Å². The first-order valence-corrected chi connectivity index (χ1v) is 7.73. The summed E-state index contributed by atoms with van der Waals surface area (Å²) in [5, 5.41) is 0. The number of hydrogen-bond acceptors (Lipinski definition) is 3. The van der Waals surface area contributed by atoms with Crippen molar-refractivity contribution in [3.05, 3.63) is 35.4 Å². The van der Waals surface area contributed by atoms with Crippen LogP contribution in [0.5, 0.6) is 0 Å². The maximum absolute atomic E-state index is 6.43. The maximum Gasteiger partial charge on any atom is 0.0678 e. The van der Waals surface area contributed by atoms with Gasteiger partial charge in [0.2, 0.25) is 0 Å². The molecular weight excluding hydrogens is 248 g/mol. The molecule has 3 nitrogen and oxygen atoms in total. The highest BCUT2D eigenvalue weighted by Gasteiger charge is 2.31. The van der Waals surface area contributed by atoms with Crippen molar-refractivity contribution >= 4 is 0 Å². The molecule has 1 heterocycles. The minimum absolute atomic E-state index is 0.162. The van der Waals surface area contributed by atoms with Gasteiger partial charge < -0.3 is 10.5 Å². The standard InChI is InChI=1S/C17H28N2O/c1-5-16(18)17(15-8-6-12(2)7-9-15)19-10-13(3)20-14(4)11-19/h6-9,13-14,16-17H,5,10-11,18H2,1-4H3. The Labute approximate surface area is 123 Å². The van der Waals surface area contributed by atoms with E-state index in [0.717, 1.165) is 19.5 Å². The molecule has 1 aliphatic rings. The third-order valence-corrected chi connectivity index (χ3v) is 4.14. The third kappa shape index (κ3) is 3.60. The molecule has 0 amide bonds. The van der Waals surface area contributed by atoms with Crippen LogP contribution < -0.4 is 5.73 Å². The van der Waals surface area contributed by atoms with Gasteiger partial charge >= 0.3 is 0 Å². The molecule has 112 valence electrons. The molecule has 1 fully saturated rings. The van der Waals surface area contributed by atoms with Crippen molar-refractivity contribution in [2.24, 2.45) is 5.73 Å². The Balaban J connectivity index is 2.25. The molecule has 0 bridgehead atoms. The van der Waals surface area contributed by atoms with Crippen LogP contribution in [0, 0.1) is 6.92 Å². The topological polar surface area (TPSA) is 38.5 Å². The molecule has 1 saturated heterocycles. The van der Waals surface area contributed by atoms with Gasteiger partial charge in [0.1, 0.15) is 0 Å². The van der Waals surface area contributed by atoms with Crippen LogP contribution in [0.1, 0.15) is 44.4 Å². The summed E-state index contributed by atoms with van der Waals surface area (Å²) in [6.45, 7) is 10.5. The average Bonchev–Trinajstić information content (AvgIpc) is 2.40. The van der Waals surface area contributed by atoms with Crippen molar-refractivity contribution < 1.29 is 4.74 Å². The van der Waals surface area contributed by atoms with Gasteiger partial charge in [-0.25, -0.2) is 0 Å². The molecule has 0 radical (unpaired) electrons. The Morgan fingerprint density at radius 1 is 1.20 bits per heavy atom. The lowest BCUT2D eigenvalue weighted by atomic mass is 9.94. The Hall–Kier alpha value is -0.900. The van der Waals surface area contributed by atoms with Crippen molar-refractivity contribution in [2.75, 3.05) is 13.1 Å². The number of benzene rings is 1. The molecule has 0 saturated carbocycles. The molecule has 0 spiro atoms. The summed E-state index contributed by atoms with van der Waals surface area (Å²) in [6, 6.07) is 9.25. The average molecular weight is 276 g/mol. The molecule has 0 aliphatic carbocycles. The van der Waals surface area contributed by atoms with Gasteiger partial charge in [-0.15, -0.1) is 0 Å². The van der Waals surface area contributed by atoms with E-state index in [1.54, 1.807) is 0 Å². The van der Waals surface area contributed by atoms with E-state index in [1.165, 1.54) is 11.1 Å². The highest BCUT2D eigenvalue weighted by atomic mass is 16.5. The zero-order valence-corrected chi connectivity index (χ0v) is 13.2. The summed E-state index contributed by atoms with van der Waals surface area (Å²) in [5.41, 5.74) is 9.04. The van der Waals surface area contributed by atoms with Gasteiger partial charge in [0.15, 0.2) is 0 Å². The number of ether oxygens (including phenoxy) is 1. The normalized spacial score (nSPS) is 27.2. The Morgan fingerprint density at radius 3 is 2.25 bits per heavy atom. The fourth-order valence-electron chi connectivity index (χ4n) is 3.16. The highest BCUT2D eigenvalue weighted by molar-refractivity contribution is 5.25. The van der Waals surface area contributed by atoms with Gasteiger partial charge in [-0.2, -0.15) is 0 Å². The van der Waals surface area contributed by atoms with E-state index in [9.17, 15) is 0 Å². The molecule has 4 atom stereocenters. The Bertz CT molecular complexity index is 408. The van der Waals surface area contributed by atoms with Gasteiger partial charge in [-0.05, 0) is 32.8 Å². The molecule has 2 rings (SSSR count). The van der Waals surface area contributed by atoms with Crippen LogP contribution in [0.4, 0.5) is 0 Å². The molecule has 0 aromatic heterocycles. The maximum atomic E-state index is 6.43. The smallest absolute Gasteiger partial charge is 0.0678 e. The summed E-state index contributed by atoms with van der Waals surface area (Å²) in [6.07, 6.45) is 1.53. The van der Waals surface area contributed by atoms with Crippen LogP contribution >= 0.6 is 0 Å². The monoisotopic (exact) mass is 276 g/mol. The lowest BCUT2D eigenvalue weighted by Gasteiger charge is -2.42. The van der Waals surface area contributed by atoms with Crippen LogP contribution in [-0.2, 0) is 4.74 Å². The molecule has 1 aromatic rings. The largest absolute Gasteiger partial charge is 0.373 e. The summed E-state index contributed by atoms with van der Waals surface area (Å²) in [4.78, 5) is 2.50. The van der Waals surface area contributed by atoms with Gasteiger partial charge in [0.05, 0.1) is 18.2 Å². The fraction of sp³-hybridized carbons (Fsp3) is 0.647. The number of nitrogens with two attached hydrogens (primary N) is 1. The molecule has 2 N–H and O–H groups in total. The molecule has 20 heavy (non-hydrogen) atoms. The summed E-state index contributed by atoms with van der Waals surface area (Å²) in [5.74, 6) is 0. The minimum atomic E-state index is 0.162. The third-order valence-electron chi connectivity index (χ3n) is 4.14. The van der Waals surface area contributed by atoms with Gasteiger partial charge in [0.25, 0.3) is 0 Å². The summed E-state index contributed by atoms with van der Waals surface area (Å²) in [7, 11) is 0. The first-order chi connectivity index (χ1) is 9.51. The second kappa shape index (κ2) is 6.70. The van der Waals surface area contributed by atoms with E-state index in [-0.39, 0.29) is 24.3 Å². The van der Waals surface area contributed by atoms with Crippen molar-refractivity contribution in [1.29, 1.82) is 0 Å². The second-order valence-corrected chi connectivity index (χ2v) is 6.14. The van der Waals surface area contributed by atoms with E-state index < -0.39 is 0 Å². The second-order valence-electron chi connectivity index (χ2n) is 6.14. The molecule has 3 heteroatoms. The molecule has 1 aromatic carbocycles. The highest BCUT2D eigenvalue weighted by Crippen LogP contribution is 2.28. The zero-order valence-electron chi connectivity index (χ0n) is 13.2. The number of hydrogen-bond donors (Lipinski definition) is 1. The van der Waals surface area contributed by atoms with Crippen LogP contribution in [-0.4, -0.2) is 36.2 Å². The fourth-order valence-corrected chi connectivity index (χ4v) is 3.16. The molecule has 1 aliphatic heterocycles. The van der Waals surface area contributed by atoms with E-state index in [1.807, 2.05) is 0 Å². The number of aryl methyl sites for hydroxylation is 1. The predicted molar refractivity (Wildman–Crippen MR) is 83.8 cm³/mol. The van der Waals surface area contributed by atoms with Gasteiger partial charge in [-0.1, -0.05) is 36.8 Å². The lowest BCUT2D eigenvalue weighted by Crippen LogP contribution is -2.51. The van der Waals surface area contributed by atoms with Crippen LogP contribution in [0.2, 0.25) is 0 Å². The predicted octanol–water partition coefficient (Wildman–Crippen LogP) is 2.88. The number of rotatable bonds is 4. The van der Waals surface area contributed by atoms with Crippen molar-refractivity contribution in [2.45, 2.75) is 58.4 Å². The number of nitrogens with zero attached hydrogens (tertiary/aromatic N) is 1. The van der Waals surface area contributed by atoms with Crippen LogP contribution in [0.15, 0.2) is 24.3 Å². The molecular formula is C17H28N2O. The summed E-state index contributed by atoms with van der Waals surface area (Å²) >= 11 is 0. The first-order valence-electron chi connectivity index (χ1n) is 7.73. The van der Waals surface area contributed by atoms with Crippen molar-refractivity contribution in [3.8, 4) is 0 Å².